The minimum atomic E-state index is -4.53. The first-order valence-electron chi connectivity index (χ1n) is 9.12. The largest absolute Gasteiger partial charge is 0.492 e. The molecular weight excluding hydrogens is 449 g/mol. The van der Waals surface area contributed by atoms with E-state index < -0.39 is 17.8 Å². The van der Waals surface area contributed by atoms with E-state index in [1.165, 1.54) is 23.8 Å². The second kappa shape index (κ2) is 9.52. The fourth-order valence-corrected chi connectivity index (χ4v) is 3.04. The molecule has 158 valence electrons. The van der Waals surface area contributed by atoms with Gasteiger partial charge in [0.25, 0.3) is 0 Å². The number of ether oxygens (including phenoxy) is 1. The third-order valence-electron chi connectivity index (χ3n) is 4.14. The third kappa shape index (κ3) is 6.96. The van der Waals surface area contributed by atoms with E-state index in [9.17, 15) is 18.0 Å². The van der Waals surface area contributed by atoms with Gasteiger partial charge in [0.1, 0.15) is 5.75 Å². The molecule has 0 aromatic heterocycles. The summed E-state index contributed by atoms with van der Waals surface area (Å²) in [7, 11) is 0. The van der Waals surface area contributed by atoms with Gasteiger partial charge in [0.15, 0.2) is 0 Å². The summed E-state index contributed by atoms with van der Waals surface area (Å²) in [5.41, 5.74) is 0.0381. The van der Waals surface area contributed by atoms with E-state index in [1.54, 1.807) is 0 Å². The van der Waals surface area contributed by atoms with Crippen LogP contribution in [0.15, 0.2) is 46.9 Å². The zero-order valence-corrected chi connectivity index (χ0v) is 18.1. The lowest BCUT2D eigenvalue weighted by molar-refractivity contribution is -0.136. The molecule has 0 aliphatic carbocycles. The first-order valence-corrected chi connectivity index (χ1v) is 9.91. The molecule has 0 saturated heterocycles. The van der Waals surface area contributed by atoms with Gasteiger partial charge in [0.2, 0.25) is 0 Å². The summed E-state index contributed by atoms with van der Waals surface area (Å²) >= 11 is 3.50. The van der Waals surface area contributed by atoms with E-state index in [2.05, 4.69) is 47.3 Å². The van der Waals surface area contributed by atoms with Crippen molar-refractivity contribution in [2.75, 3.05) is 18.5 Å². The number of anilines is 1. The van der Waals surface area contributed by atoms with Crippen LogP contribution in [0.3, 0.4) is 0 Å². The number of carbonyl (C=O) groups is 1. The van der Waals surface area contributed by atoms with Crippen LogP contribution in [0.25, 0.3) is 0 Å². The summed E-state index contributed by atoms with van der Waals surface area (Å²) in [6.45, 7) is 6.99. The molecule has 2 rings (SSSR count). The first kappa shape index (κ1) is 23.1. The van der Waals surface area contributed by atoms with Crippen LogP contribution in [-0.4, -0.2) is 19.2 Å². The van der Waals surface area contributed by atoms with Crippen molar-refractivity contribution in [2.45, 2.75) is 38.8 Å². The zero-order valence-electron chi connectivity index (χ0n) is 16.5. The van der Waals surface area contributed by atoms with E-state index in [-0.39, 0.29) is 17.6 Å². The quantitative estimate of drug-likeness (QED) is 0.480. The molecule has 0 saturated carbocycles. The predicted molar refractivity (Wildman–Crippen MR) is 111 cm³/mol. The van der Waals surface area contributed by atoms with Crippen LogP contribution in [0.4, 0.5) is 23.7 Å². The van der Waals surface area contributed by atoms with Crippen LogP contribution in [0.2, 0.25) is 0 Å². The van der Waals surface area contributed by atoms with Crippen molar-refractivity contribution >= 4 is 27.6 Å². The molecule has 0 aliphatic rings. The Hall–Kier alpha value is -2.22. The normalized spacial score (nSPS) is 11.8. The van der Waals surface area contributed by atoms with Crippen molar-refractivity contribution < 1.29 is 22.7 Å². The summed E-state index contributed by atoms with van der Waals surface area (Å²) in [6.07, 6.45) is -4.03. The molecule has 8 heteroatoms. The number of alkyl halides is 3. The summed E-state index contributed by atoms with van der Waals surface area (Å²) in [5.74, 6) is 0.696. The Morgan fingerprint density at radius 1 is 1.10 bits per heavy atom. The standard InChI is InChI=1S/C21H24BrF3N2O2/c1-20(2,3)14-9-10-18(16(22)13-14)29-12-6-11-26-19(28)27-17-8-5-4-7-15(17)21(23,24)25/h4-5,7-10,13H,6,11-12H2,1-3H3,(H2,26,27,28). The Kier molecular flexibility index (Phi) is 7.57. The molecule has 0 heterocycles. The first-order chi connectivity index (χ1) is 13.5. The SMILES string of the molecule is CC(C)(C)c1ccc(OCCCNC(=O)Nc2ccccc2C(F)(F)F)c(Br)c1. The second-order valence-electron chi connectivity index (χ2n) is 7.52. The number of hydrogen-bond acceptors (Lipinski definition) is 2. The highest BCUT2D eigenvalue weighted by Crippen LogP contribution is 2.34. The van der Waals surface area contributed by atoms with Gasteiger partial charge in [-0.25, -0.2) is 4.79 Å². The molecule has 2 aromatic carbocycles. The Balaban J connectivity index is 1.78. The second-order valence-corrected chi connectivity index (χ2v) is 8.38. The molecule has 0 radical (unpaired) electrons. The maximum atomic E-state index is 12.9. The monoisotopic (exact) mass is 472 g/mol. The van der Waals surface area contributed by atoms with Gasteiger partial charge in [0, 0.05) is 6.54 Å². The van der Waals surface area contributed by atoms with E-state index >= 15 is 0 Å². The van der Waals surface area contributed by atoms with E-state index in [4.69, 9.17) is 4.74 Å². The fourth-order valence-electron chi connectivity index (χ4n) is 2.55. The van der Waals surface area contributed by atoms with Crippen LogP contribution < -0.4 is 15.4 Å². The van der Waals surface area contributed by atoms with Gasteiger partial charge in [-0.05, 0) is 57.6 Å². The number of hydrogen-bond donors (Lipinski definition) is 2. The average Bonchev–Trinajstić information content (AvgIpc) is 2.61. The molecule has 29 heavy (non-hydrogen) atoms. The van der Waals surface area contributed by atoms with Gasteiger partial charge < -0.3 is 15.4 Å². The Labute approximate surface area is 177 Å². The van der Waals surface area contributed by atoms with Crippen LogP contribution in [-0.2, 0) is 11.6 Å². The van der Waals surface area contributed by atoms with E-state index in [1.807, 2.05) is 18.2 Å². The molecule has 0 spiro atoms. The number of urea groups is 1. The van der Waals surface area contributed by atoms with Gasteiger partial charge >= 0.3 is 12.2 Å². The number of halogens is 4. The van der Waals surface area contributed by atoms with Crippen molar-refractivity contribution in [3.8, 4) is 5.75 Å². The highest BCUT2D eigenvalue weighted by molar-refractivity contribution is 9.10. The third-order valence-corrected chi connectivity index (χ3v) is 4.76. The lowest BCUT2D eigenvalue weighted by atomic mass is 9.87. The summed E-state index contributed by atoms with van der Waals surface area (Å²) in [5, 5.41) is 4.77. The fraction of sp³-hybridized carbons (Fsp3) is 0.381. The Morgan fingerprint density at radius 2 is 1.79 bits per heavy atom. The number of rotatable bonds is 6. The van der Waals surface area contributed by atoms with Crippen molar-refractivity contribution in [1.29, 1.82) is 0 Å². The van der Waals surface area contributed by atoms with Crippen molar-refractivity contribution in [3.63, 3.8) is 0 Å². The number of amides is 2. The van der Waals surface area contributed by atoms with Gasteiger partial charge in [-0.2, -0.15) is 13.2 Å². The van der Waals surface area contributed by atoms with Crippen LogP contribution >= 0.6 is 15.9 Å². The molecule has 4 nitrogen and oxygen atoms in total. The molecule has 2 aromatic rings. The van der Waals surface area contributed by atoms with E-state index in [0.717, 1.165) is 10.5 Å². The Morgan fingerprint density at radius 3 is 2.41 bits per heavy atom. The van der Waals surface area contributed by atoms with Gasteiger partial charge in [0.05, 0.1) is 22.3 Å². The van der Waals surface area contributed by atoms with Crippen LogP contribution in [0.1, 0.15) is 38.3 Å². The molecule has 0 bridgehead atoms. The molecule has 2 amide bonds. The topological polar surface area (TPSA) is 50.4 Å². The molecule has 0 aliphatic heterocycles. The van der Waals surface area contributed by atoms with Crippen molar-refractivity contribution in [2.24, 2.45) is 0 Å². The summed E-state index contributed by atoms with van der Waals surface area (Å²) in [6, 6.07) is 10.0. The highest BCUT2D eigenvalue weighted by atomic mass is 79.9. The number of nitrogens with one attached hydrogen (secondary N) is 2. The lowest BCUT2D eigenvalue weighted by Crippen LogP contribution is -2.31. The van der Waals surface area contributed by atoms with Crippen molar-refractivity contribution in [1.82, 2.24) is 5.32 Å². The lowest BCUT2D eigenvalue weighted by Gasteiger charge is -2.20. The smallest absolute Gasteiger partial charge is 0.418 e. The maximum absolute atomic E-state index is 12.9. The summed E-state index contributed by atoms with van der Waals surface area (Å²) in [4.78, 5) is 11.9. The van der Waals surface area contributed by atoms with E-state index in [0.29, 0.717) is 18.8 Å². The maximum Gasteiger partial charge on any atom is 0.418 e. The molecular formula is C21H24BrF3N2O2. The Bertz CT molecular complexity index is 849. The molecule has 0 fully saturated rings. The molecule has 0 atom stereocenters. The zero-order chi connectivity index (χ0) is 21.7. The molecule has 2 N–H and O–H groups in total. The minimum absolute atomic E-state index is 0.0308. The number of benzene rings is 2. The van der Waals surface area contributed by atoms with Gasteiger partial charge in [-0.15, -0.1) is 0 Å². The highest BCUT2D eigenvalue weighted by Gasteiger charge is 2.33. The van der Waals surface area contributed by atoms with Crippen LogP contribution in [0, 0.1) is 0 Å². The van der Waals surface area contributed by atoms with Gasteiger partial charge in [-0.1, -0.05) is 39.0 Å². The predicted octanol–water partition coefficient (Wildman–Crippen LogP) is 6.36. The van der Waals surface area contributed by atoms with Gasteiger partial charge in [-0.3, -0.25) is 0 Å². The number of para-hydroxylation sites is 1. The van der Waals surface area contributed by atoms with Crippen LogP contribution in [0.5, 0.6) is 5.75 Å². The van der Waals surface area contributed by atoms with Crippen molar-refractivity contribution in [3.05, 3.63) is 58.1 Å². The minimum Gasteiger partial charge on any atom is -0.492 e. The average molecular weight is 473 g/mol. The number of carbonyl (C=O) groups excluding carboxylic acids is 1. The molecule has 0 unspecified atom stereocenters. The summed E-state index contributed by atoms with van der Waals surface area (Å²) < 4.78 is 45.4.